The van der Waals surface area contributed by atoms with Crippen molar-refractivity contribution in [1.29, 1.82) is 0 Å². The Morgan fingerprint density at radius 3 is 2.39 bits per heavy atom. The average Bonchev–Trinajstić information content (AvgIpc) is 2.85. The van der Waals surface area contributed by atoms with Crippen molar-refractivity contribution in [2.45, 2.75) is 25.3 Å². The SMILES string of the molecule is COc1cc(OC)c(OC)c(C2(C)CCCN2)c1. The lowest BCUT2D eigenvalue weighted by Crippen LogP contribution is -2.33. The van der Waals surface area contributed by atoms with Gasteiger partial charge < -0.3 is 19.5 Å². The molecule has 0 radical (unpaired) electrons. The van der Waals surface area contributed by atoms with Crippen LogP contribution in [0.5, 0.6) is 17.2 Å². The lowest BCUT2D eigenvalue weighted by Gasteiger charge is -2.28. The van der Waals surface area contributed by atoms with Gasteiger partial charge in [-0.2, -0.15) is 0 Å². The van der Waals surface area contributed by atoms with Gasteiger partial charge in [-0.1, -0.05) is 0 Å². The Bertz CT molecular complexity index is 425. The van der Waals surface area contributed by atoms with Gasteiger partial charge in [0.1, 0.15) is 5.75 Å². The Balaban J connectivity index is 2.55. The summed E-state index contributed by atoms with van der Waals surface area (Å²) in [5.74, 6) is 2.29. The van der Waals surface area contributed by atoms with Gasteiger partial charge in [0.25, 0.3) is 0 Å². The largest absolute Gasteiger partial charge is 0.497 e. The molecule has 4 heteroatoms. The molecule has 0 amide bonds. The minimum absolute atomic E-state index is 0.0762. The summed E-state index contributed by atoms with van der Waals surface area (Å²) in [7, 11) is 4.98. The normalized spacial score (nSPS) is 22.9. The number of rotatable bonds is 4. The van der Waals surface area contributed by atoms with Crippen LogP contribution < -0.4 is 19.5 Å². The first-order chi connectivity index (χ1) is 8.64. The second-order valence-corrected chi connectivity index (χ2v) is 4.77. The highest BCUT2D eigenvalue weighted by molar-refractivity contribution is 5.54. The molecule has 1 atom stereocenters. The van der Waals surface area contributed by atoms with Crippen LogP contribution in [0.15, 0.2) is 12.1 Å². The second kappa shape index (κ2) is 5.06. The van der Waals surface area contributed by atoms with E-state index >= 15 is 0 Å². The van der Waals surface area contributed by atoms with Crippen LogP contribution in [0, 0.1) is 0 Å². The van der Waals surface area contributed by atoms with Crippen LogP contribution in [0.1, 0.15) is 25.3 Å². The summed E-state index contributed by atoms with van der Waals surface area (Å²) >= 11 is 0. The number of methoxy groups -OCH3 is 3. The molecule has 1 aromatic carbocycles. The molecule has 1 fully saturated rings. The number of nitrogens with one attached hydrogen (secondary N) is 1. The molecule has 1 aliphatic rings. The third kappa shape index (κ3) is 2.12. The molecule has 1 aromatic rings. The molecule has 1 aliphatic heterocycles. The van der Waals surface area contributed by atoms with E-state index < -0.39 is 0 Å². The van der Waals surface area contributed by atoms with Crippen LogP contribution >= 0.6 is 0 Å². The maximum Gasteiger partial charge on any atom is 0.166 e. The molecule has 0 saturated carbocycles. The minimum atomic E-state index is -0.0762. The van der Waals surface area contributed by atoms with Crippen LogP contribution in [0.3, 0.4) is 0 Å². The van der Waals surface area contributed by atoms with E-state index in [0.29, 0.717) is 5.75 Å². The van der Waals surface area contributed by atoms with Crippen molar-refractivity contribution in [2.75, 3.05) is 27.9 Å². The zero-order chi connectivity index (χ0) is 13.2. The highest BCUT2D eigenvalue weighted by Gasteiger charge is 2.34. The van der Waals surface area contributed by atoms with Crippen LogP contribution in [-0.2, 0) is 5.54 Å². The summed E-state index contributed by atoms with van der Waals surface area (Å²) in [5.41, 5.74) is 1.02. The topological polar surface area (TPSA) is 39.7 Å². The first-order valence-electron chi connectivity index (χ1n) is 6.20. The predicted molar refractivity (Wildman–Crippen MR) is 70.7 cm³/mol. The standard InChI is InChI=1S/C14H21NO3/c1-14(6-5-7-15-14)11-8-10(16-2)9-12(17-3)13(11)18-4/h8-9,15H,5-7H2,1-4H3. The second-order valence-electron chi connectivity index (χ2n) is 4.77. The van der Waals surface area contributed by atoms with Crippen molar-refractivity contribution in [2.24, 2.45) is 0 Å². The van der Waals surface area contributed by atoms with Crippen molar-refractivity contribution >= 4 is 0 Å². The third-order valence-corrected chi connectivity index (χ3v) is 3.65. The molecule has 18 heavy (non-hydrogen) atoms. The molecule has 0 bridgehead atoms. The predicted octanol–water partition coefficient (Wildman–Crippen LogP) is 2.31. The Kier molecular flexibility index (Phi) is 3.66. The van der Waals surface area contributed by atoms with E-state index in [1.165, 1.54) is 6.42 Å². The van der Waals surface area contributed by atoms with Crippen LogP contribution in [0.4, 0.5) is 0 Å². The van der Waals surface area contributed by atoms with Gasteiger partial charge >= 0.3 is 0 Å². The summed E-state index contributed by atoms with van der Waals surface area (Å²) < 4.78 is 16.3. The summed E-state index contributed by atoms with van der Waals surface area (Å²) in [6, 6.07) is 3.88. The first kappa shape index (κ1) is 13.0. The lowest BCUT2D eigenvalue weighted by molar-refractivity contribution is 0.327. The average molecular weight is 251 g/mol. The Labute approximate surface area is 108 Å². The number of hydrogen-bond acceptors (Lipinski definition) is 4. The molecular formula is C14H21NO3. The Morgan fingerprint density at radius 1 is 1.11 bits per heavy atom. The van der Waals surface area contributed by atoms with Crippen molar-refractivity contribution in [3.63, 3.8) is 0 Å². The van der Waals surface area contributed by atoms with E-state index in [0.717, 1.165) is 30.0 Å². The monoisotopic (exact) mass is 251 g/mol. The molecule has 1 unspecified atom stereocenters. The lowest BCUT2D eigenvalue weighted by atomic mass is 9.89. The van der Waals surface area contributed by atoms with Gasteiger partial charge in [0.05, 0.1) is 21.3 Å². The van der Waals surface area contributed by atoms with Crippen molar-refractivity contribution in [3.8, 4) is 17.2 Å². The number of hydrogen-bond donors (Lipinski definition) is 1. The fourth-order valence-electron chi connectivity index (χ4n) is 2.59. The molecule has 4 nitrogen and oxygen atoms in total. The first-order valence-corrected chi connectivity index (χ1v) is 6.20. The Morgan fingerprint density at radius 2 is 1.89 bits per heavy atom. The smallest absolute Gasteiger partial charge is 0.166 e. The van der Waals surface area contributed by atoms with Gasteiger partial charge in [-0.05, 0) is 32.4 Å². The molecule has 1 heterocycles. The van der Waals surface area contributed by atoms with Crippen molar-refractivity contribution < 1.29 is 14.2 Å². The third-order valence-electron chi connectivity index (χ3n) is 3.65. The van der Waals surface area contributed by atoms with Gasteiger partial charge in [-0.3, -0.25) is 0 Å². The number of benzene rings is 1. The molecule has 100 valence electrons. The fraction of sp³-hybridized carbons (Fsp3) is 0.571. The van der Waals surface area contributed by atoms with Crippen LogP contribution in [0.25, 0.3) is 0 Å². The van der Waals surface area contributed by atoms with Crippen molar-refractivity contribution in [1.82, 2.24) is 5.32 Å². The van der Waals surface area contributed by atoms with E-state index in [9.17, 15) is 0 Å². The molecule has 2 rings (SSSR count). The zero-order valence-corrected chi connectivity index (χ0v) is 11.5. The Hall–Kier alpha value is -1.42. The van der Waals surface area contributed by atoms with Gasteiger partial charge in [-0.15, -0.1) is 0 Å². The van der Waals surface area contributed by atoms with Crippen LogP contribution in [0.2, 0.25) is 0 Å². The molecule has 0 aliphatic carbocycles. The highest BCUT2D eigenvalue weighted by atomic mass is 16.5. The fourth-order valence-corrected chi connectivity index (χ4v) is 2.59. The zero-order valence-electron chi connectivity index (χ0n) is 11.5. The van der Waals surface area contributed by atoms with Crippen molar-refractivity contribution in [3.05, 3.63) is 17.7 Å². The maximum absolute atomic E-state index is 5.52. The van der Waals surface area contributed by atoms with Gasteiger partial charge in [0.2, 0.25) is 0 Å². The molecule has 1 saturated heterocycles. The van der Waals surface area contributed by atoms with E-state index in [2.05, 4.69) is 12.2 Å². The van der Waals surface area contributed by atoms with Crippen LogP contribution in [-0.4, -0.2) is 27.9 Å². The summed E-state index contributed by atoms with van der Waals surface area (Å²) in [4.78, 5) is 0. The van der Waals surface area contributed by atoms with E-state index in [4.69, 9.17) is 14.2 Å². The maximum atomic E-state index is 5.52. The molecule has 0 spiro atoms. The van der Waals surface area contributed by atoms with E-state index in [1.807, 2.05) is 12.1 Å². The quantitative estimate of drug-likeness (QED) is 0.891. The summed E-state index contributed by atoms with van der Waals surface area (Å²) in [6.07, 6.45) is 2.25. The summed E-state index contributed by atoms with van der Waals surface area (Å²) in [6.45, 7) is 3.22. The van der Waals surface area contributed by atoms with Gasteiger partial charge in [0.15, 0.2) is 11.5 Å². The van der Waals surface area contributed by atoms with Gasteiger partial charge in [-0.25, -0.2) is 0 Å². The molecular weight excluding hydrogens is 230 g/mol. The number of ether oxygens (including phenoxy) is 3. The molecule has 1 N–H and O–H groups in total. The summed E-state index contributed by atoms with van der Waals surface area (Å²) in [5, 5.41) is 3.54. The van der Waals surface area contributed by atoms with E-state index in [1.54, 1.807) is 21.3 Å². The van der Waals surface area contributed by atoms with E-state index in [-0.39, 0.29) is 5.54 Å². The minimum Gasteiger partial charge on any atom is -0.497 e. The van der Waals surface area contributed by atoms with Gasteiger partial charge in [0, 0.05) is 17.2 Å². The molecule has 0 aromatic heterocycles. The highest BCUT2D eigenvalue weighted by Crippen LogP contribution is 2.43.